The first-order chi connectivity index (χ1) is 6.59. The molecule has 0 aliphatic carbocycles. The molecular weight excluding hydrogens is 174 g/mol. The van der Waals surface area contributed by atoms with Crippen molar-refractivity contribution in [1.29, 1.82) is 0 Å². The number of ether oxygens (including phenoxy) is 1. The molecule has 0 radical (unpaired) electrons. The number of nitrogens with zero attached hydrogens (tertiary/aromatic N) is 1. The quantitative estimate of drug-likeness (QED) is 0.671. The van der Waals surface area contributed by atoms with Gasteiger partial charge < -0.3 is 4.74 Å². The van der Waals surface area contributed by atoms with Crippen LogP contribution in [0.1, 0.15) is 33.7 Å². The molecule has 2 heteroatoms. The van der Waals surface area contributed by atoms with Crippen LogP contribution in [-0.4, -0.2) is 6.61 Å². The molecule has 0 unspecified atom stereocenters. The Morgan fingerprint density at radius 1 is 1.14 bits per heavy atom. The molecule has 78 valence electrons. The van der Waals surface area contributed by atoms with Crippen LogP contribution in [-0.2, 0) is 0 Å². The summed E-state index contributed by atoms with van der Waals surface area (Å²) in [7, 11) is 0. The molecule has 0 aliphatic heterocycles. The van der Waals surface area contributed by atoms with Crippen LogP contribution in [0.25, 0.3) is 0 Å². The van der Waals surface area contributed by atoms with Crippen LogP contribution in [0.5, 0.6) is 5.75 Å². The van der Waals surface area contributed by atoms with Gasteiger partial charge >= 0.3 is 0 Å². The average molecular weight is 194 g/mol. The van der Waals surface area contributed by atoms with Crippen LogP contribution in [0.4, 0.5) is 0 Å². The van der Waals surface area contributed by atoms with E-state index in [1.54, 1.807) is 0 Å². The second kappa shape index (κ2) is 4.99. The molecule has 0 amide bonds. The van der Waals surface area contributed by atoms with E-state index in [1.807, 2.05) is 12.1 Å². The monoisotopic (exact) mass is 194 g/mol. The van der Waals surface area contributed by atoms with Crippen molar-refractivity contribution in [2.75, 3.05) is 6.61 Å². The van der Waals surface area contributed by atoms with Gasteiger partial charge in [0.2, 0.25) is 0 Å². The lowest BCUT2D eigenvalue weighted by molar-refractivity contribution is -0.716. The molecule has 0 N–H and O–H groups in total. The first-order valence-corrected chi connectivity index (χ1v) is 5.23. The standard InChI is InChI=1S/C12H20NO/c1-10(2)9-14-12-5-7-13(8-6-12)11(3)4/h5-8,10-11H,9H2,1-4H3/q+1. The third kappa shape index (κ3) is 3.36. The van der Waals surface area contributed by atoms with E-state index in [4.69, 9.17) is 4.74 Å². The predicted molar refractivity (Wildman–Crippen MR) is 57.4 cm³/mol. The summed E-state index contributed by atoms with van der Waals surface area (Å²) in [5.74, 6) is 1.53. The van der Waals surface area contributed by atoms with E-state index in [9.17, 15) is 0 Å². The summed E-state index contributed by atoms with van der Waals surface area (Å²) in [6, 6.07) is 4.54. The zero-order valence-electron chi connectivity index (χ0n) is 9.53. The molecule has 0 bridgehead atoms. The molecule has 1 aromatic heterocycles. The van der Waals surface area contributed by atoms with Gasteiger partial charge in [-0.2, -0.15) is 0 Å². The van der Waals surface area contributed by atoms with Gasteiger partial charge in [-0.25, -0.2) is 4.57 Å². The molecule has 14 heavy (non-hydrogen) atoms. The largest absolute Gasteiger partial charge is 0.493 e. The lowest BCUT2D eigenvalue weighted by atomic mass is 10.2. The van der Waals surface area contributed by atoms with E-state index in [0.717, 1.165) is 12.4 Å². The van der Waals surface area contributed by atoms with Crippen LogP contribution in [0.2, 0.25) is 0 Å². The molecule has 0 saturated carbocycles. The van der Waals surface area contributed by atoms with Crippen LogP contribution in [0.3, 0.4) is 0 Å². The van der Waals surface area contributed by atoms with E-state index >= 15 is 0 Å². The van der Waals surface area contributed by atoms with Crippen LogP contribution in [0.15, 0.2) is 24.5 Å². The number of aromatic nitrogens is 1. The molecule has 0 atom stereocenters. The fraction of sp³-hybridized carbons (Fsp3) is 0.583. The fourth-order valence-corrected chi connectivity index (χ4v) is 1.13. The molecule has 0 aliphatic rings. The maximum Gasteiger partial charge on any atom is 0.172 e. The number of hydrogen-bond acceptors (Lipinski definition) is 1. The highest BCUT2D eigenvalue weighted by Crippen LogP contribution is 2.08. The van der Waals surface area contributed by atoms with Crippen molar-refractivity contribution in [3.63, 3.8) is 0 Å². The van der Waals surface area contributed by atoms with Crippen LogP contribution < -0.4 is 9.30 Å². The highest BCUT2D eigenvalue weighted by atomic mass is 16.5. The number of pyridine rings is 1. The van der Waals surface area contributed by atoms with E-state index in [1.165, 1.54) is 0 Å². The Morgan fingerprint density at radius 2 is 1.71 bits per heavy atom. The summed E-state index contributed by atoms with van der Waals surface area (Å²) >= 11 is 0. The van der Waals surface area contributed by atoms with Gasteiger partial charge in [0.05, 0.1) is 6.61 Å². The summed E-state index contributed by atoms with van der Waals surface area (Å²) < 4.78 is 7.74. The molecule has 0 aromatic carbocycles. The van der Waals surface area contributed by atoms with Crippen molar-refractivity contribution in [1.82, 2.24) is 0 Å². The Balaban J connectivity index is 2.55. The summed E-state index contributed by atoms with van der Waals surface area (Å²) in [6.45, 7) is 9.41. The van der Waals surface area contributed by atoms with Gasteiger partial charge in [-0.1, -0.05) is 13.8 Å². The van der Waals surface area contributed by atoms with E-state index in [-0.39, 0.29) is 0 Å². The zero-order chi connectivity index (χ0) is 10.6. The van der Waals surface area contributed by atoms with E-state index in [0.29, 0.717) is 12.0 Å². The highest BCUT2D eigenvalue weighted by molar-refractivity contribution is 5.14. The van der Waals surface area contributed by atoms with Gasteiger partial charge in [0, 0.05) is 12.1 Å². The lowest BCUT2D eigenvalue weighted by Crippen LogP contribution is -2.34. The van der Waals surface area contributed by atoms with Crippen molar-refractivity contribution >= 4 is 0 Å². The van der Waals surface area contributed by atoms with Crippen LogP contribution in [0, 0.1) is 5.92 Å². The van der Waals surface area contributed by atoms with Gasteiger partial charge in [-0.15, -0.1) is 0 Å². The highest BCUT2D eigenvalue weighted by Gasteiger charge is 2.05. The summed E-state index contributed by atoms with van der Waals surface area (Å²) in [5.41, 5.74) is 0. The fourth-order valence-electron chi connectivity index (χ4n) is 1.13. The Hall–Kier alpha value is -1.05. The second-order valence-corrected chi connectivity index (χ2v) is 4.28. The first-order valence-electron chi connectivity index (χ1n) is 5.23. The van der Waals surface area contributed by atoms with Crippen molar-refractivity contribution in [2.45, 2.75) is 33.7 Å². The number of hydrogen-bond donors (Lipinski definition) is 0. The minimum Gasteiger partial charge on any atom is -0.493 e. The van der Waals surface area contributed by atoms with Gasteiger partial charge in [0.25, 0.3) is 0 Å². The molecule has 0 saturated heterocycles. The maximum atomic E-state index is 5.59. The molecular formula is C12H20NO+. The second-order valence-electron chi connectivity index (χ2n) is 4.28. The van der Waals surface area contributed by atoms with Crippen molar-refractivity contribution < 1.29 is 9.30 Å². The van der Waals surface area contributed by atoms with E-state index < -0.39 is 0 Å². The van der Waals surface area contributed by atoms with Crippen molar-refractivity contribution in [2.24, 2.45) is 5.92 Å². The van der Waals surface area contributed by atoms with E-state index in [2.05, 4.69) is 44.7 Å². The Bertz CT molecular complexity index is 264. The molecule has 1 rings (SSSR count). The van der Waals surface area contributed by atoms with Crippen LogP contribution >= 0.6 is 0 Å². The first kappa shape index (κ1) is 11.0. The minimum atomic E-state index is 0.508. The summed E-state index contributed by atoms with van der Waals surface area (Å²) in [6.07, 6.45) is 4.11. The third-order valence-electron chi connectivity index (χ3n) is 2.00. The van der Waals surface area contributed by atoms with Gasteiger partial charge in [0.15, 0.2) is 18.4 Å². The Labute approximate surface area is 86.5 Å². The lowest BCUT2D eigenvalue weighted by Gasteiger charge is -2.07. The minimum absolute atomic E-state index is 0.508. The molecule has 1 heterocycles. The summed E-state index contributed by atoms with van der Waals surface area (Å²) in [5, 5.41) is 0. The maximum absolute atomic E-state index is 5.59. The molecule has 1 aromatic rings. The normalized spacial score (nSPS) is 11.0. The number of rotatable bonds is 4. The predicted octanol–water partition coefficient (Wildman–Crippen LogP) is 2.59. The van der Waals surface area contributed by atoms with Crippen molar-refractivity contribution in [3.05, 3.63) is 24.5 Å². The summed E-state index contributed by atoms with van der Waals surface area (Å²) in [4.78, 5) is 0. The Morgan fingerprint density at radius 3 is 2.14 bits per heavy atom. The van der Waals surface area contributed by atoms with Gasteiger partial charge in [-0.3, -0.25) is 0 Å². The van der Waals surface area contributed by atoms with Crippen molar-refractivity contribution in [3.8, 4) is 5.75 Å². The Kier molecular flexibility index (Phi) is 3.93. The van der Waals surface area contributed by atoms with Gasteiger partial charge in [-0.05, 0) is 19.8 Å². The molecule has 0 spiro atoms. The van der Waals surface area contributed by atoms with Gasteiger partial charge in [0.1, 0.15) is 5.75 Å². The molecule has 0 fully saturated rings. The average Bonchev–Trinajstić information content (AvgIpc) is 2.15. The zero-order valence-corrected chi connectivity index (χ0v) is 9.53. The SMILES string of the molecule is CC(C)COc1cc[n+](C(C)C)cc1. The smallest absolute Gasteiger partial charge is 0.172 e. The third-order valence-corrected chi connectivity index (χ3v) is 2.00. The molecule has 2 nitrogen and oxygen atoms in total. The topological polar surface area (TPSA) is 13.1 Å².